The van der Waals surface area contributed by atoms with Crippen LogP contribution in [-0.4, -0.2) is 41.9 Å². The summed E-state index contributed by atoms with van der Waals surface area (Å²) in [5.74, 6) is 0. The van der Waals surface area contributed by atoms with Crippen molar-refractivity contribution in [2.24, 2.45) is 0 Å². The van der Waals surface area contributed by atoms with E-state index in [2.05, 4.69) is 10.6 Å². The largest absolute Gasteiger partial charge is 0.504 e. The lowest BCUT2D eigenvalue weighted by Gasteiger charge is -2.18. The Kier molecular flexibility index (Phi) is 9.42. The summed E-state index contributed by atoms with van der Waals surface area (Å²) in [6.45, 7) is 13.1. The van der Waals surface area contributed by atoms with Gasteiger partial charge in [-0.3, -0.25) is 0 Å². The molecule has 0 heterocycles. The van der Waals surface area contributed by atoms with Gasteiger partial charge >= 0.3 is 12.2 Å². The summed E-state index contributed by atoms with van der Waals surface area (Å²) < 4.78 is 10.6. The Bertz CT molecular complexity index is 318. The van der Waals surface area contributed by atoms with E-state index in [4.69, 9.17) is 8.85 Å². The maximum atomic E-state index is 11.4. The van der Waals surface area contributed by atoms with E-state index in [1.165, 1.54) is 0 Å². The molecule has 0 aliphatic rings. The molecule has 0 unspecified atom stereocenters. The van der Waals surface area contributed by atoms with Gasteiger partial charge < -0.3 is 19.5 Å². The van der Waals surface area contributed by atoms with Gasteiger partial charge in [-0.15, -0.1) is 0 Å². The molecule has 0 spiro atoms. The molecule has 6 nitrogen and oxygen atoms in total. The number of unbranched alkanes of at least 4 members (excludes halogenated alkanes) is 3. The van der Waals surface area contributed by atoms with Gasteiger partial charge in [0.25, 0.3) is 0 Å². The summed E-state index contributed by atoms with van der Waals surface area (Å²) in [5, 5.41) is 5.52. The Balaban J connectivity index is 3.45. The second-order valence-electron chi connectivity index (χ2n) is 7.27. The molecule has 0 bridgehead atoms. The molecule has 2 N–H and O–H groups in total. The molecule has 0 radical (unpaired) electrons. The zero-order valence-electron chi connectivity index (χ0n) is 14.9. The van der Waals surface area contributed by atoms with Crippen LogP contribution < -0.4 is 10.6 Å². The Morgan fingerprint density at radius 3 is 1.27 bits per heavy atom. The third kappa shape index (κ3) is 15.4. The molecule has 0 saturated heterocycles. The van der Waals surface area contributed by atoms with Crippen molar-refractivity contribution in [3.8, 4) is 0 Å². The van der Waals surface area contributed by atoms with E-state index < -0.39 is 16.6 Å². The maximum Gasteiger partial charge on any atom is 0.393 e. The molecular formula is C14H32N2O4Si2. The number of hydrogen-bond donors (Lipinski definition) is 2. The molecule has 22 heavy (non-hydrogen) atoms. The van der Waals surface area contributed by atoms with Gasteiger partial charge in [0.2, 0.25) is 16.6 Å². The molecule has 0 aromatic heterocycles. The van der Waals surface area contributed by atoms with Crippen LogP contribution in [0.4, 0.5) is 9.59 Å². The van der Waals surface area contributed by atoms with E-state index >= 15 is 0 Å². The summed E-state index contributed by atoms with van der Waals surface area (Å²) in [4.78, 5) is 22.9. The summed E-state index contributed by atoms with van der Waals surface area (Å²) in [5.41, 5.74) is 0. The zero-order valence-corrected chi connectivity index (χ0v) is 16.9. The SMILES string of the molecule is C[Si](C)(C)OC(=O)NCCCCCCNC(=O)O[Si](C)(C)C. The average molecular weight is 349 g/mol. The quantitative estimate of drug-likeness (QED) is 0.492. The highest BCUT2D eigenvalue weighted by atomic mass is 28.4. The van der Waals surface area contributed by atoms with Gasteiger partial charge in [0.05, 0.1) is 0 Å². The van der Waals surface area contributed by atoms with Crippen LogP contribution in [0.5, 0.6) is 0 Å². The highest BCUT2D eigenvalue weighted by Gasteiger charge is 2.20. The molecule has 0 atom stereocenters. The lowest BCUT2D eigenvalue weighted by molar-refractivity contribution is 0.197. The Morgan fingerprint density at radius 2 is 1.00 bits per heavy atom. The van der Waals surface area contributed by atoms with Crippen molar-refractivity contribution >= 4 is 28.8 Å². The number of amides is 2. The Morgan fingerprint density at radius 1 is 0.682 bits per heavy atom. The second kappa shape index (κ2) is 9.88. The highest BCUT2D eigenvalue weighted by Crippen LogP contribution is 2.04. The molecule has 130 valence electrons. The molecule has 0 aliphatic heterocycles. The first-order valence-corrected chi connectivity index (χ1v) is 14.7. The van der Waals surface area contributed by atoms with Gasteiger partial charge in [0, 0.05) is 13.1 Å². The van der Waals surface area contributed by atoms with Gasteiger partial charge in [0.15, 0.2) is 0 Å². The molecule has 2 amide bonds. The van der Waals surface area contributed by atoms with Crippen LogP contribution >= 0.6 is 0 Å². The smallest absolute Gasteiger partial charge is 0.393 e. The molecular weight excluding hydrogens is 316 g/mol. The molecule has 0 fully saturated rings. The van der Waals surface area contributed by atoms with Crippen LogP contribution in [0.15, 0.2) is 0 Å². The zero-order chi connectivity index (χ0) is 17.2. The standard InChI is InChI=1S/C14H32N2O4Si2/c1-21(2,3)19-13(17)15-11-9-7-8-10-12-16-14(18)20-22(4,5)6/h7-12H2,1-6H3,(H,15,17)(H,16,18). The third-order valence-electron chi connectivity index (χ3n) is 2.44. The van der Waals surface area contributed by atoms with E-state index in [0.717, 1.165) is 25.7 Å². The summed E-state index contributed by atoms with van der Waals surface area (Å²) in [6.07, 6.45) is 3.24. The van der Waals surface area contributed by atoms with Crippen molar-refractivity contribution in [3.05, 3.63) is 0 Å². The predicted molar refractivity (Wildman–Crippen MR) is 94.1 cm³/mol. The van der Waals surface area contributed by atoms with Crippen LogP contribution in [0.1, 0.15) is 25.7 Å². The van der Waals surface area contributed by atoms with E-state index in [1.807, 2.05) is 39.3 Å². The van der Waals surface area contributed by atoms with Crippen molar-refractivity contribution < 1.29 is 18.4 Å². The van der Waals surface area contributed by atoms with Gasteiger partial charge in [0.1, 0.15) is 0 Å². The van der Waals surface area contributed by atoms with Crippen LogP contribution in [0.25, 0.3) is 0 Å². The van der Waals surface area contributed by atoms with E-state index in [-0.39, 0.29) is 12.2 Å². The van der Waals surface area contributed by atoms with Gasteiger partial charge in [-0.2, -0.15) is 0 Å². The minimum absolute atomic E-state index is 0.310. The van der Waals surface area contributed by atoms with E-state index in [0.29, 0.717) is 13.1 Å². The minimum Gasteiger partial charge on any atom is -0.504 e. The highest BCUT2D eigenvalue weighted by molar-refractivity contribution is 6.71. The third-order valence-corrected chi connectivity index (χ3v) is 4.04. The first-order chi connectivity index (χ1) is 9.99. The van der Waals surface area contributed by atoms with Crippen LogP contribution in [0.2, 0.25) is 39.3 Å². The number of hydrogen-bond acceptors (Lipinski definition) is 4. The van der Waals surface area contributed by atoms with Crippen molar-refractivity contribution in [3.63, 3.8) is 0 Å². The lowest BCUT2D eigenvalue weighted by atomic mass is 10.2. The van der Waals surface area contributed by atoms with Gasteiger partial charge in [-0.25, -0.2) is 9.59 Å². The van der Waals surface area contributed by atoms with Gasteiger partial charge in [-0.1, -0.05) is 12.8 Å². The van der Waals surface area contributed by atoms with Crippen LogP contribution in [0, 0.1) is 0 Å². The molecule has 0 aromatic rings. The van der Waals surface area contributed by atoms with Crippen molar-refractivity contribution in [1.29, 1.82) is 0 Å². The van der Waals surface area contributed by atoms with Crippen LogP contribution in [0.3, 0.4) is 0 Å². The van der Waals surface area contributed by atoms with Crippen molar-refractivity contribution in [1.82, 2.24) is 10.6 Å². The lowest BCUT2D eigenvalue weighted by Crippen LogP contribution is -2.36. The van der Waals surface area contributed by atoms with E-state index in [1.54, 1.807) is 0 Å². The Hall–Kier alpha value is -1.03. The summed E-state index contributed by atoms with van der Waals surface area (Å²) in [7, 11) is -3.59. The van der Waals surface area contributed by atoms with Gasteiger partial charge in [-0.05, 0) is 52.1 Å². The molecule has 0 rings (SSSR count). The molecule has 0 saturated carbocycles. The van der Waals surface area contributed by atoms with E-state index in [9.17, 15) is 9.59 Å². The summed E-state index contributed by atoms with van der Waals surface area (Å²) in [6, 6.07) is 0. The first-order valence-electron chi connectivity index (χ1n) is 7.93. The first kappa shape index (κ1) is 21.0. The van der Waals surface area contributed by atoms with Crippen LogP contribution in [-0.2, 0) is 8.85 Å². The molecule has 0 aliphatic carbocycles. The summed E-state index contributed by atoms with van der Waals surface area (Å²) >= 11 is 0. The van der Waals surface area contributed by atoms with Crippen molar-refractivity contribution in [2.75, 3.05) is 13.1 Å². The fraction of sp³-hybridized carbons (Fsp3) is 0.857. The maximum absolute atomic E-state index is 11.4. The predicted octanol–water partition coefficient (Wildman–Crippen LogP) is 3.67. The minimum atomic E-state index is -1.80. The number of rotatable bonds is 9. The molecule has 8 heteroatoms. The monoisotopic (exact) mass is 348 g/mol. The second-order valence-corrected chi connectivity index (χ2v) is 16.1. The fourth-order valence-electron chi connectivity index (χ4n) is 1.61. The topological polar surface area (TPSA) is 76.7 Å². The number of nitrogens with one attached hydrogen (secondary N) is 2. The normalized spacial score (nSPS) is 11.7. The fourth-order valence-corrected chi connectivity index (χ4v) is 2.87. The molecule has 0 aromatic carbocycles. The Labute approximate surface area is 136 Å². The van der Waals surface area contributed by atoms with Crippen molar-refractivity contribution in [2.45, 2.75) is 65.0 Å². The average Bonchev–Trinajstić information content (AvgIpc) is 2.27. The number of carbonyl (C=O) groups excluding carboxylic acids is 2. The number of carbonyl (C=O) groups is 2.